The molecule has 0 radical (unpaired) electrons. The van der Waals surface area contributed by atoms with Crippen molar-refractivity contribution in [1.29, 1.82) is 0 Å². The Kier molecular flexibility index (Phi) is 3.95. The third kappa shape index (κ3) is 2.73. The molecule has 0 aliphatic rings. The molecule has 5 nitrogen and oxygen atoms in total. The van der Waals surface area contributed by atoms with E-state index >= 15 is 0 Å². The van der Waals surface area contributed by atoms with E-state index in [-0.39, 0.29) is 16.8 Å². The molecule has 2 rings (SSSR count). The Bertz CT molecular complexity index is 756. The van der Waals surface area contributed by atoms with Crippen molar-refractivity contribution in [3.63, 3.8) is 0 Å². The van der Waals surface area contributed by atoms with Crippen LogP contribution in [0.25, 0.3) is 11.3 Å². The summed E-state index contributed by atoms with van der Waals surface area (Å²) in [5.41, 5.74) is 0.976. The second kappa shape index (κ2) is 5.54. The summed E-state index contributed by atoms with van der Waals surface area (Å²) in [6.45, 7) is 3.02. The molecule has 0 unspecified atom stereocenters. The Morgan fingerprint density at radius 3 is 2.24 bits per heavy atom. The molecule has 1 aromatic carbocycles. The van der Waals surface area contributed by atoms with Gasteiger partial charge in [-0.15, -0.1) is 0 Å². The summed E-state index contributed by atoms with van der Waals surface area (Å²) in [6, 6.07) is 6.81. The fourth-order valence-corrected chi connectivity index (χ4v) is 2.43. The minimum absolute atomic E-state index is 0.153. The van der Waals surface area contributed by atoms with Crippen LogP contribution in [0.4, 0.5) is 0 Å². The van der Waals surface area contributed by atoms with Crippen molar-refractivity contribution in [2.45, 2.75) is 13.8 Å². The van der Waals surface area contributed by atoms with Gasteiger partial charge in [0.2, 0.25) is 0 Å². The molecule has 1 heterocycles. The number of carboxylic acid groups (broad SMARTS) is 2. The van der Waals surface area contributed by atoms with Crippen LogP contribution in [0.1, 0.15) is 32.0 Å². The fraction of sp³-hybridized carbons (Fsp3) is 0.133. The van der Waals surface area contributed by atoms with Crippen LogP contribution < -0.4 is 0 Å². The summed E-state index contributed by atoms with van der Waals surface area (Å²) in [5, 5.41) is 19.0. The zero-order chi connectivity index (χ0) is 15.7. The highest BCUT2D eigenvalue weighted by atomic mass is 35.5. The Morgan fingerprint density at radius 2 is 1.71 bits per heavy atom. The molecule has 0 aliphatic heterocycles. The van der Waals surface area contributed by atoms with Gasteiger partial charge in [0, 0.05) is 10.6 Å². The van der Waals surface area contributed by atoms with Crippen molar-refractivity contribution in [2.24, 2.45) is 0 Å². The minimum atomic E-state index is -1.31. The number of aromatic nitrogens is 1. The highest BCUT2D eigenvalue weighted by molar-refractivity contribution is 6.30. The van der Waals surface area contributed by atoms with E-state index in [0.29, 0.717) is 21.8 Å². The fourth-order valence-electron chi connectivity index (χ4n) is 2.24. The van der Waals surface area contributed by atoms with Gasteiger partial charge >= 0.3 is 11.9 Å². The van der Waals surface area contributed by atoms with E-state index in [2.05, 4.69) is 4.98 Å². The van der Waals surface area contributed by atoms with Crippen molar-refractivity contribution >= 4 is 23.5 Å². The van der Waals surface area contributed by atoms with Gasteiger partial charge in [-0.05, 0) is 31.5 Å². The molecule has 2 aromatic rings. The minimum Gasteiger partial charge on any atom is -0.478 e. The van der Waals surface area contributed by atoms with Gasteiger partial charge in [0.25, 0.3) is 0 Å². The molecule has 0 saturated carbocycles. The SMILES string of the molecule is Cc1nc(-c2cccc(Cl)c2)c(C)c(C(=O)O)c1C(=O)O. The van der Waals surface area contributed by atoms with Gasteiger partial charge < -0.3 is 10.2 Å². The lowest BCUT2D eigenvalue weighted by molar-refractivity contribution is 0.0649. The summed E-state index contributed by atoms with van der Waals surface area (Å²) in [6.07, 6.45) is 0. The number of carboxylic acids is 2. The van der Waals surface area contributed by atoms with Crippen molar-refractivity contribution < 1.29 is 19.8 Å². The molecular formula is C15H12ClNO4. The predicted molar refractivity (Wildman–Crippen MR) is 78.1 cm³/mol. The van der Waals surface area contributed by atoms with E-state index in [0.717, 1.165) is 0 Å². The molecule has 21 heavy (non-hydrogen) atoms. The molecule has 0 aliphatic carbocycles. The van der Waals surface area contributed by atoms with Crippen LogP contribution in [-0.4, -0.2) is 27.1 Å². The maximum Gasteiger partial charge on any atom is 0.338 e. The van der Waals surface area contributed by atoms with Crippen LogP contribution in [0.15, 0.2) is 24.3 Å². The summed E-state index contributed by atoms with van der Waals surface area (Å²) in [7, 11) is 0. The number of pyridine rings is 1. The molecule has 1 aromatic heterocycles. The van der Waals surface area contributed by atoms with Crippen LogP contribution in [0, 0.1) is 13.8 Å². The average Bonchev–Trinajstić information content (AvgIpc) is 2.39. The summed E-state index contributed by atoms with van der Waals surface area (Å²) >= 11 is 5.93. The molecule has 2 N–H and O–H groups in total. The van der Waals surface area contributed by atoms with E-state index in [1.165, 1.54) is 6.92 Å². The highest BCUT2D eigenvalue weighted by Gasteiger charge is 2.25. The molecule has 0 saturated heterocycles. The van der Waals surface area contributed by atoms with E-state index < -0.39 is 11.9 Å². The van der Waals surface area contributed by atoms with Gasteiger partial charge in [0.1, 0.15) is 0 Å². The van der Waals surface area contributed by atoms with Crippen LogP contribution >= 0.6 is 11.6 Å². The smallest absolute Gasteiger partial charge is 0.338 e. The largest absolute Gasteiger partial charge is 0.478 e. The summed E-state index contributed by atoms with van der Waals surface area (Å²) in [5.74, 6) is -2.60. The third-order valence-electron chi connectivity index (χ3n) is 3.15. The number of hydrogen-bond donors (Lipinski definition) is 2. The number of halogens is 1. The lowest BCUT2D eigenvalue weighted by Crippen LogP contribution is -2.15. The van der Waals surface area contributed by atoms with E-state index in [1.807, 2.05) is 0 Å². The first kappa shape index (κ1) is 15.0. The van der Waals surface area contributed by atoms with Crippen molar-refractivity contribution in [3.8, 4) is 11.3 Å². The molecular weight excluding hydrogens is 294 g/mol. The summed E-state index contributed by atoms with van der Waals surface area (Å²) in [4.78, 5) is 27.0. The van der Waals surface area contributed by atoms with E-state index in [9.17, 15) is 19.8 Å². The monoisotopic (exact) mass is 305 g/mol. The lowest BCUT2D eigenvalue weighted by Gasteiger charge is -2.13. The van der Waals surface area contributed by atoms with Crippen LogP contribution in [0.2, 0.25) is 5.02 Å². The van der Waals surface area contributed by atoms with Crippen LogP contribution in [0.3, 0.4) is 0 Å². The van der Waals surface area contributed by atoms with Crippen LogP contribution in [-0.2, 0) is 0 Å². The van der Waals surface area contributed by atoms with Gasteiger partial charge in [0.05, 0.1) is 22.5 Å². The molecule has 6 heteroatoms. The maximum atomic E-state index is 11.4. The van der Waals surface area contributed by atoms with Crippen molar-refractivity contribution in [1.82, 2.24) is 4.98 Å². The van der Waals surface area contributed by atoms with E-state index in [1.54, 1.807) is 31.2 Å². The molecule has 0 atom stereocenters. The number of nitrogens with zero attached hydrogens (tertiary/aromatic N) is 1. The molecule has 0 amide bonds. The van der Waals surface area contributed by atoms with Crippen LogP contribution in [0.5, 0.6) is 0 Å². The van der Waals surface area contributed by atoms with Gasteiger partial charge in [-0.25, -0.2) is 9.59 Å². The highest BCUT2D eigenvalue weighted by Crippen LogP contribution is 2.29. The second-order valence-electron chi connectivity index (χ2n) is 4.54. The van der Waals surface area contributed by atoms with Crippen molar-refractivity contribution in [3.05, 3.63) is 51.7 Å². The maximum absolute atomic E-state index is 11.4. The Hall–Kier alpha value is -2.40. The first-order valence-corrected chi connectivity index (χ1v) is 6.44. The standard InChI is InChI=1S/C15H12ClNO4/c1-7-11(14(18)19)12(15(20)21)8(2)17-13(7)9-4-3-5-10(16)6-9/h3-6H,1-2H3,(H,18,19)(H,20,21). The van der Waals surface area contributed by atoms with Gasteiger partial charge in [0.15, 0.2) is 0 Å². The Balaban J connectivity index is 2.82. The molecule has 0 fully saturated rings. The Morgan fingerprint density at radius 1 is 1.10 bits per heavy atom. The average molecular weight is 306 g/mol. The molecule has 108 valence electrons. The van der Waals surface area contributed by atoms with E-state index in [4.69, 9.17) is 11.6 Å². The number of hydrogen-bond acceptors (Lipinski definition) is 3. The zero-order valence-corrected chi connectivity index (χ0v) is 12.1. The zero-order valence-electron chi connectivity index (χ0n) is 11.3. The third-order valence-corrected chi connectivity index (χ3v) is 3.38. The Labute approximate surface area is 125 Å². The lowest BCUT2D eigenvalue weighted by atomic mass is 9.96. The number of aromatic carboxylic acids is 2. The van der Waals surface area contributed by atoms with Gasteiger partial charge in [-0.3, -0.25) is 4.98 Å². The number of aryl methyl sites for hydroxylation is 1. The normalized spacial score (nSPS) is 10.4. The van der Waals surface area contributed by atoms with Gasteiger partial charge in [-0.2, -0.15) is 0 Å². The number of carbonyl (C=O) groups is 2. The predicted octanol–water partition coefficient (Wildman–Crippen LogP) is 3.42. The quantitative estimate of drug-likeness (QED) is 0.907. The first-order chi connectivity index (χ1) is 9.82. The second-order valence-corrected chi connectivity index (χ2v) is 4.98. The first-order valence-electron chi connectivity index (χ1n) is 6.06. The topological polar surface area (TPSA) is 87.5 Å². The number of rotatable bonds is 3. The van der Waals surface area contributed by atoms with Crippen molar-refractivity contribution in [2.75, 3.05) is 0 Å². The van der Waals surface area contributed by atoms with Gasteiger partial charge in [-0.1, -0.05) is 23.7 Å². The molecule has 0 bridgehead atoms. The molecule has 0 spiro atoms. The summed E-state index contributed by atoms with van der Waals surface area (Å²) < 4.78 is 0. The number of benzene rings is 1.